The first-order chi connectivity index (χ1) is 11.0. The van der Waals surface area contributed by atoms with Crippen LogP contribution in [0.4, 0.5) is 0 Å². The van der Waals surface area contributed by atoms with Gasteiger partial charge in [0, 0.05) is 7.59 Å². The summed E-state index contributed by atoms with van der Waals surface area (Å²) in [6.45, 7) is 10.2. The average molecular weight is 337 g/mol. The summed E-state index contributed by atoms with van der Waals surface area (Å²) < 4.78 is 0. The molecule has 0 spiro atoms. The molecule has 1 aliphatic rings. The molecule has 2 aromatic carbocycles. The van der Waals surface area contributed by atoms with E-state index in [1.807, 2.05) is 0 Å². The zero-order valence-electron chi connectivity index (χ0n) is 14.8. The number of hydrogen-bond acceptors (Lipinski definition) is 0. The van der Waals surface area contributed by atoms with E-state index in [1.165, 1.54) is 6.04 Å². The molecule has 3 rings (SSSR count). The van der Waals surface area contributed by atoms with Crippen LogP contribution in [-0.2, 0) is 0 Å². The molecule has 1 heterocycles. The van der Waals surface area contributed by atoms with E-state index in [0.717, 1.165) is 0 Å². The summed E-state index contributed by atoms with van der Waals surface area (Å²) in [6, 6.07) is 24.1. The molecule has 0 amide bonds. The fourth-order valence-electron chi connectivity index (χ4n) is 4.64. The van der Waals surface area contributed by atoms with Gasteiger partial charge in [-0.15, -0.1) is 0 Å². The molecule has 120 valence electrons. The second-order valence-electron chi connectivity index (χ2n) is 7.97. The van der Waals surface area contributed by atoms with E-state index < -0.39 is 15.2 Å². The highest BCUT2D eigenvalue weighted by Gasteiger charge is 2.54. The van der Waals surface area contributed by atoms with Gasteiger partial charge in [0.2, 0.25) is 0 Å². The lowest BCUT2D eigenvalue weighted by Crippen LogP contribution is -2.70. The summed E-state index contributed by atoms with van der Waals surface area (Å²) >= 11 is 0. The SMILES string of the molecule is C[C@@H]1C=CC[Si@@](c2ccccc2)([Si](C)(C)C)[C@H]1c1ccccc1. The molecule has 0 aliphatic carbocycles. The molecule has 0 aromatic heterocycles. The lowest BCUT2D eigenvalue weighted by Gasteiger charge is -2.51. The first-order valence-corrected chi connectivity index (χ1v) is 15.5. The molecule has 0 unspecified atom stereocenters. The lowest BCUT2D eigenvalue weighted by molar-refractivity contribution is 0.666. The van der Waals surface area contributed by atoms with Gasteiger partial charge in [0.15, 0.2) is 0 Å². The summed E-state index contributed by atoms with van der Waals surface area (Å²) in [5.41, 5.74) is 2.25. The standard InChI is InChI=1S/C21H28Si2/c1-18-12-11-17-23(22(2,3)4,20-15-9-6-10-16-20)21(18)19-13-7-5-8-14-19/h5-16,18,21H,17H2,1-4H3/t18-,21-,23+/m1/s1. The molecule has 2 aromatic rings. The van der Waals surface area contributed by atoms with Crippen LogP contribution in [0.3, 0.4) is 0 Å². The fraction of sp³-hybridized carbons (Fsp3) is 0.333. The van der Waals surface area contributed by atoms with Gasteiger partial charge in [0.25, 0.3) is 0 Å². The predicted octanol–water partition coefficient (Wildman–Crippen LogP) is 5.29. The molecule has 23 heavy (non-hydrogen) atoms. The highest BCUT2D eigenvalue weighted by atomic mass is 29.3. The number of rotatable bonds is 3. The van der Waals surface area contributed by atoms with Gasteiger partial charge in [-0.05, 0) is 23.1 Å². The van der Waals surface area contributed by atoms with Crippen LogP contribution in [0.5, 0.6) is 0 Å². The Balaban J connectivity index is 2.26. The molecule has 3 atom stereocenters. The monoisotopic (exact) mass is 336 g/mol. The Morgan fingerprint density at radius 2 is 1.43 bits per heavy atom. The van der Waals surface area contributed by atoms with Crippen LogP contribution in [0, 0.1) is 5.92 Å². The van der Waals surface area contributed by atoms with Gasteiger partial charge in [-0.25, -0.2) is 0 Å². The number of benzene rings is 2. The van der Waals surface area contributed by atoms with E-state index >= 15 is 0 Å². The Labute approximate surface area is 143 Å². The Hall–Kier alpha value is -1.39. The molecule has 0 N–H and O–H groups in total. The number of allylic oxidation sites excluding steroid dienone is 2. The van der Waals surface area contributed by atoms with Crippen molar-refractivity contribution >= 4 is 20.4 Å². The van der Waals surface area contributed by atoms with Gasteiger partial charge in [0.05, 0.1) is 7.59 Å². The van der Waals surface area contributed by atoms with Crippen LogP contribution < -0.4 is 5.19 Å². The van der Waals surface area contributed by atoms with Crippen LogP contribution in [0.2, 0.25) is 25.7 Å². The fourth-order valence-corrected chi connectivity index (χ4v) is 20.3. The zero-order valence-corrected chi connectivity index (χ0v) is 16.8. The van der Waals surface area contributed by atoms with E-state index in [1.54, 1.807) is 10.8 Å². The summed E-state index contributed by atoms with van der Waals surface area (Å²) in [4.78, 5) is 0. The quantitative estimate of drug-likeness (QED) is 0.528. The van der Waals surface area contributed by atoms with Crippen molar-refractivity contribution < 1.29 is 0 Å². The van der Waals surface area contributed by atoms with Crippen LogP contribution >= 0.6 is 0 Å². The van der Waals surface area contributed by atoms with Crippen molar-refractivity contribution in [1.82, 2.24) is 0 Å². The second-order valence-corrected chi connectivity index (χ2v) is 23.2. The minimum absolute atomic E-state index is 0.629. The van der Waals surface area contributed by atoms with E-state index in [2.05, 4.69) is 99.4 Å². The van der Waals surface area contributed by atoms with E-state index in [-0.39, 0.29) is 0 Å². The van der Waals surface area contributed by atoms with Crippen molar-refractivity contribution in [1.29, 1.82) is 0 Å². The first kappa shape index (κ1) is 16.5. The lowest BCUT2D eigenvalue weighted by atomic mass is 9.99. The third-order valence-corrected chi connectivity index (χ3v) is 23.0. The van der Waals surface area contributed by atoms with E-state index in [0.29, 0.717) is 11.5 Å². The molecule has 0 fully saturated rings. The smallest absolute Gasteiger partial charge is 0.0908 e. The molecule has 1 aliphatic heterocycles. The van der Waals surface area contributed by atoms with E-state index in [9.17, 15) is 0 Å². The highest BCUT2D eigenvalue weighted by Crippen LogP contribution is 2.44. The molecular formula is C21H28Si2. The van der Waals surface area contributed by atoms with Crippen molar-refractivity contribution in [3.63, 3.8) is 0 Å². The van der Waals surface area contributed by atoms with Gasteiger partial charge >= 0.3 is 0 Å². The summed E-state index contributed by atoms with van der Waals surface area (Å²) in [7, 11) is -2.99. The Bertz CT molecular complexity index is 670. The predicted molar refractivity (Wildman–Crippen MR) is 107 cm³/mol. The normalized spacial score (nSPS) is 27.8. The molecule has 0 saturated carbocycles. The summed E-state index contributed by atoms with van der Waals surface area (Å²) in [5.74, 6) is 0.629. The van der Waals surface area contributed by atoms with Crippen molar-refractivity contribution in [2.45, 2.75) is 38.2 Å². The zero-order chi connectivity index (χ0) is 16.5. The van der Waals surface area contributed by atoms with Crippen LogP contribution in [0.15, 0.2) is 72.8 Å². The van der Waals surface area contributed by atoms with Crippen LogP contribution in [0.25, 0.3) is 0 Å². The van der Waals surface area contributed by atoms with Gasteiger partial charge in [-0.1, -0.05) is 105 Å². The van der Waals surface area contributed by atoms with Gasteiger partial charge in [-0.2, -0.15) is 0 Å². The average Bonchev–Trinajstić information content (AvgIpc) is 2.55. The summed E-state index contributed by atoms with van der Waals surface area (Å²) in [6.07, 6.45) is 4.97. The van der Waals surface area contributed by atoms with Crippen LogP contribution in [-0.4, -0.2) is 15.2 Å². The summed E-state index contributed by atoms with van der Waals surface area (Å²) in [5, 5.41) is 1.67. The van der Waals surface area contributed by atoms with Crippen molar-refractivity contribution in [2.75, 3.05) is 0 Å². The largest absolute Gasteiger partial charge is 0.0909 e. The Kier molecular flexibility index (Phi) is 4.48. The van der Waals surface area contributed by atoms with Gasteiger partial charge in [0.1, 0.15) is 0 Å². The molecule has 0 saturated heterocycles. The maximum atomic E-state index is 2.61. The molecule has 2 heteroatoms. The highest BCUT2D eigenvalue weighted by molar-refractivity contribution is 7.46. The molecule has 0 bridgehead atoms. The van der Waals surface area contributed by atoms with Crippen molar-refractivity contribution in [3.8, 4) is 0 Å². The molecule has 0 radical (unpaired) electrons. The second kappa shape index (κ2) is 6.25. The van der Waals surface area contributed by atoms with Crippen molar-refractivity contribution in [3.05, 3.63) is 78.4 Å². The van der Waals surface area contributed by atoms with Gasteiger partial charge < -0.3 is 0 Å². The maximum absolute atomic E-state index is 2.61. The van der Waals surface area contributed by atoms with Crippen molar-refractivity contribution in [2.24, 2.45) is 5.92 Å². The third kappa shape index (κ3) is 2.79. The number of hydrogen-bond donors (Lipinski definition) is 0. The Morgan fingerprint density at radius 1 is 0.870 bits per heavy atom. The Morgan fingerprint density at radius 3 is 2.00 bits per heavy atom. The van der Waals surface area contributed by atoms with E-state index in [4.69, 9.17) is 0 Å². The molecule has 0 nitrogen and oxygen atoms in total. The minimum atomic E-state index is -1.64. The van der Waals surface area contributed by atoms with Gasteiger partial charge in [-0.3, -0.25) is 0 Å². The minimum Gasteiger partial charge on any atom is -0.0908 e. The topological polar surface area (TPSA) is 0 Å². The van der Waals surface area contributed by atoms with Crippen LogP contribution in [0.1, 0.15) is 18.0 Å². The molecular weight excluding hydrogens is 308 g/mol. The first-order valence-electron chi connectivity index (χ1n) is 8.74. The third-order valence-electron chi connectivity index (χ3n) is 5.72. The maximum Gasteiger partial charge on any atom is 0.0909 e.